The van der Waals surface area contributed by atoms with E-state index in [1.165, 1.54) is 0 Å². The highest BCUT2D eigenvalue weighted by Gasteiger charge is 2.08. The smallest absolute Gasteiger partial charge is 0.141 e. The van der Waals surface area contributed by atoms with Gasteiger partial charge in [-0.05, 0) is 27.4 Å². The molecule has 0 bridgehead atoms. The summed E-state index contributed by atoms with van der Waals surface area (Å²) in [5.74, 6) is 0.131. The van der Waals surface area contributed by atoms with Crippen LogP contribution in [0, 0.1) is 0 Å². The molecule has 0 spiro atoms. The Balaban J connectivity index is 2.94. The third-order valence-electron chi connectivity index (χ3n) is 1.94. The number of aromatic hydroxyl groups is 2. The predicted octanol–water partition coefficient (Wildman–Crippen LogP) is 3.01. The van der Waals surface area contributed by atoms with Gasteiger partial charge in [0.2, 0.25) is 0 Å². The average molecular weight is 239 g/mol. The van der Waals surface area contributed by atoms with Gasteiger partial charge in [-0.15, -0.1) is 0 Å². The van der Waals surface area contributed by atoms with Gasteiger partial charge in [-0.2, -0.15) is 0 Å². The molecule has 0 aliphatic heterocycles. The van der Waals surface area contributed by atoms with Crippen LogP contribution in [0.15, 0.2) is 34.8 Å². The highest BCUT2D eigenvalue weighted by molar-refractivity contribution is 9.10. The summed E-state index contributed by atoms with van der Waals surface area (Å²) in [6.45, 7) is 0. The second-order valence-corrected chi connectivity index (χ2v) is 3.57. The van der Waals surface area contributed by atoms with Crippen molar-refractivity contribution in [3.8, 4) is 11.5 Å². The minimum atomic E-state index is 0.0520. The third kappa shape index (κ3) is 1.25. The van der Waals surface area contributed by atoms with E-state index in [1.54, 1.807) is 12.1 Å². The van der Waals surface area contributed by atoms with Gasteiger partial charge in [0, 0.05) is 5.39 Å². The van der Waals surface area contributed by atoms with E-state index in [1.807, 2.05) is 18.2 Å². The molecule has 2 nitrogen and oxygen atoms in total. The molecule has 0 saturated heterocycles. The number of fused-ring (bicyclic) bond motifs is 1. The second kappa shape index (κ2) is 2.92. The van der Waals surface area contributed by atoms with Crippen molar-refractivity contribution in [2.75, 3.05) is 0 Å². The Morgan fingerprint density at radius 1 is 1.08 bits per heavy atom. The lowest BCUT2D eigenvalue weighted by molar-refractivity contribution is 0.449. The van der Waals surface area contributed by atoms with Crippen molar-refractivity contribution in [1.29, 1.82) is 0 Å². The SMILES string of the molecule is Oc1cc2ccccc2c(O)c1Br. The zero-order valence-corrected chi connectivity index (χ0v) is 8.25. The average Bonchev–Trinajstić information content (AvgIpc) is 2.15. The fourth-order valence-corrected chi connectivity index (χ4v) is 1.62. The maximum Gasteiger partial charge on any atom is 0.141 e. The first-order chi connectivity index (χ1) is 6.20. The Hall–Kier alpha value is -1.22. The summed E-state index contributed by atoms with van der Waals surface area (Å²) in [6, 6.07) is 8.94. The summed E-state index contributed by atoms with van der Waals surface area (Å²) in [5, 5.41) is 20.6. The van der Waals surface area contributed by atoms with Crippen LogP contribution in [0.3, 0.4) is 0 Å². The molecule has 66 valence electrons. The number of benzene rings is 2. The summed E-state index contributed by atoms with van der Waals surface area (Å²) in [7, 11) is 0. The van der Waals surface area contributed by atoms with Crippen molar-refractivity contribution in [2.24, 2.45) is 0 Å². The molecule has 0 atom stereocenters. The summed E-state index contributed by atoms with van der Waals surface area (Å²) in [5.41, 5.74) is 0. The number of rotatable bonds is 0. The first-order valence-corrected chi connectivity index (χ1v) is 4.58. The standard InChI is InChI=1S/C10H7BrO2/c11-9-8(12)5-6-3-1-2-4-7(6)10(9)13/h1-5,12-13H. The minimum Gasteiger partial charge on any atom is -0.507 e. The zero-order chi connectivity index (χ0) is 9.42. The van der Waals surface area contributed by atoms with Gasteiger partial charge in [0.15, 0.2) is 0 Å². The third-order valence-corrected chi connectivity index (χ3v) is 2.72. The molecule has 2 N–H and O–H groups in total. The molecule has 0 amide bonds. The Morgan fingerprint density at radius 2 is 1.77 bits per heavy atom. The Kier molecular flexibility index (Phi) is 1.88. The summed E-state index contributed by atoms with van der Waals surface area (Å²) in [4.78, 5) is 0. The predicted molar refractivity (Wildman–Crippen MR) is 55.0 cm³/mol. The van der Waals surface area contributed by atoms with Gasteiger partial charge in [-0.1, -0.05) is 24.3 Å². The van der Waals surface area contributed by atoms with Crippen LogP contribution >= 0.6 is 15.9 Å². The first-order valence-electron chi connectivity index (χ1n) is 3.79. The molecule has 0 radical (unpaired) electrons. The van der Waals surface area contributed by atoms with E-state index < -0.39 is 0 Å². The van der Waals surface area contributed by atoms with Gasteiger partial charge in [0.1, 0.15) is 16.0 Å². The number of hydrogen-bond donors (Lipinski definition) is 2. The largest absolute Gasteiger partial charge is 0.507 e. The van der Waals surface area contributed by atoms with Crippen LogP contribution in [-0.4, -0.2) is 10.2 Å². The highest BCUT2D eigenvalue weighted by atomic mass is 79.9. The van der Waals surface area contributed by atoms with Crippen LogP contribution in [0.1, 0.15) is 0 Å². The molecule has 2 aromatic rings. The van der Waals surface area contributed by atoms with Crippen molar-refractivity contribution in [3.63, 3.8) is 0 Å². The molecule has 13 heavy (non-hydrogen) atoms. The van der Waals surface area contributed by atoms with Crippen LogP contribution < -0.4 is 0 Å². The van der Waals surface area contributed by atoms with E-state index in [-0.39, 0.29) is 11.5 Å². The van der Waals surface area contributed by atoms with E-state index >= 15 is 0 Å². The quantitative estimate of drug-likeness (QED) is 0.741. The van der Waals surface area contributed by atoms with Crippen molar-refractivity contribution < 1.29 is 10.2 Å². The molecular formula is C10H7BrO2. The topological polar surface area (TPSA) is 40.5 Å². The lowest BCUT2D eigenvalue weighted by atomic mass is 10.1. The van der Waals surface area contributed by atoms with Crippen LogP contribution in [-0.2, 0) is 0 Å². The van der Waals surface area contributed by atoms with Crippen LogP contribution in [0.25, 0.3) is 10.8 Å². The van der Waals surface area contributed by atoms with E-state index in [0.29, 0.717) is 4.47 Å². The van der Waals surface area contributed by atoms with Gasteiger partial charge in [0.25, 0.3) is 0 Å². The Labute approximate surface area is 83.6 Å². The number of phenolic OH excluding ortho intramolecular Hbond substituents is 2. The first kappa shape index (κ1) is 8.38. The van der Waals surface area contributed by atoms with E-state index in [2.05, 4.69) is 15.9 Å². The summed E-state index contributed by atoms with van der Waals surface area (Å²) < 4.78 is 0.339. The molecule has 0 saturated carbocycles. The zero-order valence-electron chi connectivity index (χ0n) is 6.66. The molecule has 3 heteroatoms. The van der Waals surface area contributed by atoms with Gasteiger partial charge in [0.05, 0.1) is 0 Å². The van der Waals surface area contributed by atoms with Crippen LogP contribution in [0.4, 0.5) is 0 Å². The fraction of sp³-hybridized carbons (Fsp3) is 0. The summed E-state index contributed by atoms with van der Waals surface area (Å²) in [6.07, 6.45) is 0. The molecule has 2 aromatic carbocycles. The molecular weight excluding hydrogens is 232 g/mol. The fourth-order valence-electron chi connectivity index (χ4n) is 1.29. The minimum absolute atomic E-state index is 0.0520. The maximum absolute atomic E-state index is 9.63. The van der Waals surface area contributed by atoms with Gasteiger partial charge in [-0.3, -0.25) is 0 Å². The van der Waals surface area contributed by atoms with E-state index in [9.17, 15) is 10.2 Å². The molecule has 0 aliphatic carbocycles. The molecule has 0 heterocycles. The maximum atomic E-state index is 9.63. The van der Waals surface area contributed by atoms with E-state index in [0.717, 1.165) is 10.8 Å². The normalized spacial score (nSPS) is 10.5. The Morgan fingerprint density at radius 3 is 2.54 bits per heavy atom. The van der Waals surface area contributed by atoms with Crippen LogP contribution in [0.2, 0.25) is 0 Å². The molecule has 2 rings (SSSR count). The molecule has 0 fully saturated rings. The van der Waals surface area contributed by atoms with Crippen LogP contribution in [0.5, 0.6) is 11.5 Å². The number of hydrogen-bond acceptors (Lipinski definition) is 2. The Bertz CT molecular complexity index is 466. The van der Waals surface area contributed by atoms with Crippen molar-refractivity contribution in [2.45, 2.75) is 0 Å². The molecule has 0 unspecified atom stereocenters. The van der Waals surface area contributed by atoms with Gasteiger partial charge in [-0.25, -0.2) is 0 Å². The number of phenols is 2. The lowest BCUT2D eigenvalue weighted by Gasteiger charge is -2.04. The second-order valence-electron chi connectivity index (χ2n) is 2.78. The van der Waals surface area contributed by atoms with E-state index in [4.69, 9.17) is 0 Å². The number of halogens is 1. The van der Waals surface area contributed by atoms with Gasteiger partial charge >= 0.3 is 0 Å². The van der Waals surface area contributed by atoms with Crippen molar-refractivity contribution in [3.05, 3.63) is 34.8 Å². The summed E-state index contributed by atoms with van der Waals surface area (Å²) >= 11 is 3.10. The van der Waals surface area contributed by atoms with Crippen molar-refractivity contribution >= 4 is 26.7 Å². The molecule has 0 aromatic heterocycles. The highest BCUT2D eigenvalue weighted by Crippen LogP contribution is 2.39. The van der Waals surface area contributed by atoms with Gasteiger partial charge < -0.3 is 10.2 Å². The lowest BCUT2D eigenvalue weighted by Crippen LogP contribution is -1.76. The van der Waals surface area contributed by atoms with Crippen molar-refractivity contribution in [1.82, 2.24) is 0 Å². The monoisotopic (exact) mass is 238 g/mol. The molecule has 0 aliphatic rings.